The number of ether oxygens (including phenoxy) is 1. The van der Waals surface area contributed by atoms with E-state index in [0.29, 0.717) is 44.0 Å². The molecule has 1 aromatic carbocycles. The largest absolute Gasteiger partial charge is 0.444 e. The van der Waals surface area contributed by atoms with Gasteiger partial charge in [-0.25, -0.2) is 13.2 Å². The topological polar surface area (TPSA) is 184 Å². The standard InChI is InChI=1S/C26H48N4O7S.C14H13NO.C5H10.C4H10.3C2H6.2C2H2/c1-10-14-26(9,11-2)38(35,36)29-23(33)21(18(5)17(3)4)28-22(32)19-13-12-15-30(19)20(31)16-27-24(34)37-25(6,7)8;1-4-10(3)12-8-14(16)11-6-5-9(2)7-13(11)15-12;1-3-5-4-2;1-4(2)3;5*1-2/h17-19,21H,10-16H2,1-9H3,(H,27,34)(H,28,32)(H,29,33);4-8H,1,3H2,2H3,(H,15,16);3,5H,4H2,1-2H3;4H,1-3H3;3*1-2H3;2*1-2H/b;;5-3-;;;;;;/t18?,19-,21?,26?;;;;;;;;/m0......../s1. The maximum atomic E-state index is 13.3. The summed E-state index contributed by atoms with van der Waals surface area (Å²) in [6.07, 6.45) is 24.6. The lowest BCUT2D eigenvalue weighted by atomic mass is 9.89. The number of pyridine rings is 1. The molecule has 418 valence electrons. The molecular weight excluding hydrogens is 939 g/mol. The second kappa shape index (κ2) is 43.9. The number of allylic oxidation sites excluding steroid dienone is 4. The van der Waals surface area contributed by atoms with Gasteiger partial charge in [0.2, 0.25) is 21.8 Å². The van der Waals surface area contributed by atoms with Gasteiger partial charge in [-0.05, 0) is 115 Å². The zero-order chi connectivity index (χ0) is 58.9. The number of aromatic nitrogens is 1. The molecule has 0 spiro atoms. The summed E-state index contributed by atoms with van der Waals surface area (Å²) in [4.78, 5) is 67.7. The van der Waals surface area contributed by atoms with Gasteiger partial charge in [0.15, 0.2) is 5.43 Å². The van der Waals surface area contributed by atoms with E-state index in [2.05, 4.69) is 99.0 Å². The first-order valence-corrected chi connectivity index (χ1v) is 27.5. The number of H-pyrrole nitrogens is 1. The molecule has 1 aliphatic rings. The number of carbonyl (C=O) groups is 4. The van der Waals surface area contributed by atoms with Crippen LogP contribution in [0.3, 0.4) is 0 Å². The Morgan fingerprint density at radius 1 is 0.918 bits per heavy atom. The molecule has 1 aliphatic heterocycles. The van der Waals surface area contributed by atoms with Gasteiger partial charge < -0.3 is 25.3 Å². The predicted octanol–water partition coefficient (Wildman–Crippen LogP) is 12.9. The van der Waals surface area contributed by atoms with Crippen LogP contribution in [-0.2, 0) is 29.1 Å². The molecule has 14 heteroatoms. The number of nitrogens with zero attached hydrogens (tertiary/aromatic N) is 1. The fourth-order valence-electron chi connectivity index (χ4n) is 6.21. The molecule has 0 aliphatic carbocycles. The molecule has 3 rings (SSSR count). The molecule has 3 unspecified atom stereocenters. The molecule has 4 atom stereocenters. The first-order valence-electron chi connectivity index (χ1n) is 26.0. The minimum Gasteiger partial charge on any atom is -0.444 e. The van der Waals surface area contributed by atoms with E-state index in [0.717, 1.165) is 34.7 Å². The van der Waals surface area contributed by atoms with Crippen LogP contribution in [0.2, 0.25) is 0 Å². The van der Waals surface area contributed by atoms with Crippen LogP contribution in [0.25, 0.3) is 16.5 Å². The van der Waals surface area contributed by atoms with E-state index in [1.54, 1.807) is 53.7 Å². The molecule has 0 radical (unpaired) electrons. The zero-order valence-electron chi connectivity index (χ0n) is 49.4. The third-order valence-electron chi connectivity index (χ3n) is 10.3. The second-order valence-electron chi connectivity index (χ2n) is 18.2. The minimum absolute atomic E-state index is 0.00625. The molecule has 2 aromatic rings. The Labute approximate surface area is 446 Å². The van der Waals surface area contributed by atoms with Crippen LogP contribution in [0.4, 0.5) is 4.79 Å². The number of amides is 4. The molecule has 4 N–H and O–H groups in total. The minimum atomic E-state index is -4.01. The molecule has 13 nitrogen and oxygen atoms in total. The van der Waals surface area contributed by atoms with E-state index in [1.165, 1.54) is 4.90 Å². The molecule has 1 saturated heterocycles. The summed E-state index contributed by atoms with van der Waals surface area (Å²) < 4.78 is 32.5. The number of hydrogen-bond donors (Lipinski definition) is 4. The fourth-order valence-corrected chi connectivity index (χ4v) is 7.70. The summed E-state index contributed by atoms with van der Waals surface area (Å²) in [5, 5.41) is 5.83. The quantitative estimate of drug-likeness (QED) is 0.0771. The Bertz CT molecular complexity index is 2100. The van der Waals surface area contributed by atoms with Crippen LogP contribution in [-0.4, -0.2) is 77.6 Å². The average molecular weight is 1040 g/mol. The SMILES string of the molecule is C#C.C#C.C/C=C\CC.C=CC(=C)c1cc(=O)c2ccc(C)cc2[nH]1.CC.CC.CC.CC(C)C.CCCC(C)(CC)S(=O)(=O)NC(=O)C(NC(=O)[C@@H]1CCCN1C(=O)CNC(=O)OC(C)(C)C)C(C)C(C)C. The van der Waals surface area contributed by atoms with E-state index in [9.17, 15) is 32.4 Å². The lowest BCUT2D eigenvalue weighted by Crippen LogP contribution is -2.58. The predicted molar refractivity (Wildman–Crippen MR) is 314 cm³/mol. The van der Waals surface area contributed by atoms with Crippen molar-refractivity contribution in [3.63, 3.8) is 0 Å². The highest BCUT2D eigenvalue weighted by molar-refractivity contribution is 7.91. The van der Waals surface area contributed by atoms with Crippen molar-refractivity contribution in [2.45, 2.75) is 206 Å². The lowest BCUT2D eigenvalue weighted by Gasteiger charge is -2.32. The van der Waals surface area contributed by atoms with Crippen molar-refractivity contribution < 1.29 is 32.3 Å². The van der Waals surface area contributed by atoms with Gasteiger partial charge >= 0.3 is 6.09 Å². The smallest absolute Gasteiger partial charge is 0.408 e. The van der Waals surface area contributed by atoms with Crippen LogP contribution in [0.15, 0.2) is 60.4 Å². The summed E-state index contributed by atoms with van der Waals surface area (Å²) >= 11 is 0. The molecule has 1 aromatic heterocycles. The Kier molecular flexibility index (Phi) is 47.4. The van der Waals surface area contributed by atoms with Gasteiger partial charge in [-0.15, -0.1) is 25.7 Å². The van der Waals surface area contributed by atoms with Crippen LogP contribution in [0, 0.1) is 50.4 Å². The van der Waals surface area contributed by atoms with Gasteiger partial charge in [-0.1, -0.05) is 148 Å². The number of benzene rings is 1. The maximum Gasteiger partial charge on any atom is 0.408 e. The Hall–Kier alpha value is -5.60. The van der Waals surface area contributed by atoms with E-state index in [4.69, 9.17) is 4.74 Å². The second-order valence-corrected chi connectivity index (χ2v) is 20.4. The Morgan fingerprint density at radius 2 is 1.44 bits per heavy atom. The highest BCUT2D eigenvalue weighted by Gasteiger charge is 2.42. The van der Waals surface area contributed by atoms with Gasteiger partial charge in [0.25, 0.3) is 5.91 Å². The molecule has 2 heterocycles. The maximum absolute atomic E-state index is 13.3. The molecule has 73 heavy (non-hydrogen) atoms. The molecule has 1 fully saturated rings. The Morgan fingerprint density at radius 3 is 1.85 bits per heavy atom. The summed E-state index contributed by atoms with van der Waals surface area (Å²) in [6, 6.07) is 5.33. The van der Waals surface area contributed by atoms with Crippen molar-refractivity contribution in [1.29, 1.82) is 0 Å². The number of aryl methyl sites for hydroxylation is 1. The number of alkyl carbamates (subject to hydrolysis) is 1. The van der Waals surface area contributed by atoms with Gasteiger partial charge in [0.05, 0.1) is 4.75 Å². The molecular formula is C59H103N5O8S. The van der Waals surface area contributed by atoms with Crippen molar-refractivity contribution in [1.82, 2.24) is 25.2 Å². The van der Waals surface area contributed by atoms with Crippen LogP contribution >= 0.6 is 0 Å². The summed E-state index contributed by atoms with van der Waals surface area (Å²) in [7, 11) is -4.01. The molecule has 0 saturated carbocycles. The number of aromatic amines is 1. The first kappa shape index (κ1) is 78.8. The average Bonchev–Trinajstić information content (AvgIpc) is 3.85. The van der Waals surface area contributed by atoms with Gasteiger partial charge in [0, 0.05) is 29.2 Å². The number of sulfonamides is 1. The van der Waals surface area contributed by atoms with Crippen molar-refractivity contribution in [3.05, 3.63) is 77.1 Å². The fraction of sp³-hybridized carbons (Fsp3) is 0.610. The lowest BCUT2D eigenvalue weighted by molar-refractivity contribution is -0.139. The van der Waals surface area contributed by atoms with E-state index in [-0.39, 0.29) is 23.8 Å². The third-order valence-corrected chi connectivity index (χ3v) is 12.5. The number of carbonyl (C=O) groups excluding carboxylic acids is 4. The van der Waals surface area contributed by atoms with Gasteiger partial charge in [0.1, 0.15) is 24.2 Å². The van der Waals surface area contributed by atoms with Gasteiger partial charge in [-0.2, -0.15) is 0 Å². The number of hydrogen-bond acceptors (Lipinski definition) is 8. The Balaban J connectivity index is -0.000000261. The molecule has 0 bridgehead atoms. The number of nitrogens with one attached hydrogen (secondary N) is 4. The third kappa shape index (κ3) is 32.3. The zero-order valence-corrected chi connectivity index (χ0v) is 50.2. The van der Waals surface area contributed by atoms with Crippen LogP contribution in [0.1, 0.15) is 188 Å². The van der Waals surface area contributed by atoms with Crippen LogP contribution in [0.5, 0.6) is 0 Å². The monoisotopic (exact) mass is 1040 g/mol. The normalized spacial score (nSPS) is 13.8. The summed E-state index contributed by atoms with van der Waals surface area (Å²) in [5.41, 5.74) is 2.69. The van der Waals surface area contributed by atoms with Crippen molar-refractivity contribution in [2.24, 2.45) is 17.8 Å². The van der Waals surface area contributed by atoms with E-state index in [1.807, 2.05) is 94.4 Å². The van der Waals surface area contributed by atoms with Gasteiger partial charge in [-0.3, -0.25) is 23.9 Å². The summed E-state index contributed by atoms with van der Waals surface area (Å²) in [5.74, 6) is -1.37. The summed E-state index contributed by atoms with van der Waals surface area (Å²) in [6.45, 7) is 48.0. The number of rotatable bonds is 15. The molecule has 4 amide bonds. The van der Waals surface area contributed by atoms with Crippen molar-refractivity contribution in [2.75, 3.05) is 13.1 Å². The highest BCUT2D eigenvalue weighted by Crippen LogP contribution is 2.27. The van der Waals surface area contributed by atoms with E-state index < -0.39 is 56.3 Å². The first-order chi connectivity index (χ1) is 34.1. The number of fused-ring (bicyclic) bond motifs is 1. The van der Waals surface area contributed by atoms with E-state index >= 15 is 0 Å². The van der Waals surface area contributed by atoms with Crippen molar-refractivity contribution in [3.8, 4) is 25.7 Å². The number of terminal acetylenes is 2. The van der Waals surface area contributed by atoms with Crippen LogP contribution < -0.4 is 20.8 Å². The van der Waals surface area contributed by atoms with Crippen molar-refractivity contribution >= 4 is 50.3 Å². The number of likely N-dealkylation sites (tertiary alicyclic amines) is 1. The highest BCUT2D eigenvalue weighted by atomic mass is 32.2.